The molecular formula is C58H111NO5. The highest BCUT2D eigenvalue weighted by Crippen LogP contribution is 2.17. The standard InChI is InChI=1S/C58H111NO5/c1-3-5-7-9-11-13-15-17-19-21-23-24-25-26-27-28-29-30-31-32-33-34-36-37-39-41-43-45-47-49-51-55(61)57(63)54(53-60)59-58(64)56(62)52-50-48-46-44-42-40-38-35-22-20-18-16-14-12-10-8-6-4-2/h31-32,36-37,43,45,54-57,60-63H,3-30,33-35,38-42,44,46-53H2,1-2H3,(H,59,64)/b32-31+,37-36+,45-43+. The average Bonchev–Trinajstić information content (AvgIpc) is 3.30. The van der Waals surface area contributed by atoms with Gasteiger partial charge in [0.1, 0.15) is 12.2 Å². The second-order valence-corrected chi connectivity index (χ2v) is 19.6. The molecule has 4 unspecified atom stereocenters. The third-order valence-electron chi connectivity index (χ3n) is 13.3. The summed E-state index contributed by atoms with van der Waals surface area (Å²) in [6.07, 6.45) is 65.1. The molecule has 0 radical (unpaired) electrons. The van der Waals surface area contributed by atoms with Crippen molar-refractivity contribution in [2.24, 2.45) is 0 Å². The van der Waals surface area contributed by atoms with Gasteiger partial charge in [-0.05, 0) is 64.2 Å². The largest absolute Gasteiger partial charge is 0.394 e. The maximum atomic E-state index is 12.6. The lowest BCUT2D eigenvalue weighted by atomic mass is 10.00. The number of hydrogen-bond donors (Lipinski definition) is 5. The quantitative estimate of drug-likeness (QED) is 0.0309. The molecule has 0 saturated carbocycles. The Kier molecular flexibility index (Phi) is 51.3. The summed E-state index contributed by atoms with van der Waals surface area (Å²) in [5.74, 6) is -0.596. The van der Waals surface area contributed by atoms with E-state index < -0.39 is 36.9 Å². The first-order chi connectivity index (χ1) is 31.5. The second-order valence-electron chi connectivity index (χ2n) is 19.6. The van der Waals surface area contributed by atoms with Crippen molar-refractivity contribution in [1.82, 2.24) is 5.32 Å². The normalized spacial score (nSPS) is 14.0. The van der Waals surface area contributed by atoms with E-state index in [1.807, 2.05) is 0 Å². The Balaban J connectivity index is 3.69. The van der Waals surface area contributed by atoms with E-state index in [1.165, 1.54) is 212 Å². The number of carbonyl (C=O) groups is 1. The summed E-state index contributed by atoms with van der Waals surface area (Å²) in [6.45, 7) is 4.07. The Bertz CT molecular complexity index is 1010. The van der Waals surface area contributed by atoms with Gasteiger partial charge in [0.15, 0.2) is 0 Å². The van der Waals surface area contributed by atoms with Gasteiger partial charge in [0, 0.05) is 0 Å². The zero-order valence-electron chi connectivity index (χ0n) is 42.8. The van der Waals surface area contributed by atoms with Crippen molar-refractivity contribution in [2.45, 2.75) is 321 Å². The minimum absolute atomic E-state index is 0.362. The van der Waals surface area contributed by atoms with Crippen LogP contribution in [-0.2, 0) is 4.79 Å². The molecule has 0 aliphatic rings. The first-order valence-electron chi connectivity index (χ1n) is 28.4. The van der Waals surface area contributed by atoms with E-state index in [9.17, 15) is 25.2 Å². The van der Waals surface area contributed by atoms with Crippen LogP contribution in [-0.4, -0.2) is 57.3 Å². The van der Waals surface area contributed by atoms with Gasteiger partial charge in [-0.1, -0.05) is 269 Å². The van der Waals surface area contributed by atoms with E-state index in [1.54, 1.807) is 0 Å². The fourth-order valence-corrected chi connectivity index (χ4v) is 8.85. The van der Waals surface area contributed by atoms with Crippen LogP contribution < -0.4 is 5.32 Å². The SMILES string of the molecule is CCCCCCCCCCCCCCCCCCC/C=C/CC/C=C/CC/C=C/CCCC(O)C(O)C(CO)NC(=O)C(O)CCCCCCCCCCCCCCCCCCCC. The predicted octanol–water partition coefficient (Wildman–Crippen LogP) is 16.4. The summed E-state index contributed by atoms with van der Waals surface area (Å²) in [6, 6.07) is -1.01. The van der Waals surface area contributed by atoms with Crippen LogP contribution >= 0.6 is 0 Å². The molecule has 378 valence electrons. The summed E-state index contributed by atoms with van der Waals surface area (Å²) in [4.78, 5) is 12.6. The Morgan fingerprint density at radius 1 is 0.375 bits per heavy atom. The van der Waals surface area contributed by atoms with Crippen molar-refractivity contribution < 1.29 is 25.2 Å². The predicted molar refractivity (Wildman–Crippen MR) is 279 cm³/mol. The monoisotopic (exact) mass is 902 g/mol. The van der Waals surface area contributed by atoms with Gasteiger partial charge in [-0.25, -0.2) is 0 Å². The molecular weight excluding hydrogens is 791 g/mol. The lowest BCUT2D eigenvalue weighted by molar-refractivity contribution is -0.132. The van der Waals surface area contributed by atoms with Crippen molar-refractivity contribution >= 4 is 5.91 Å². The van der Waals surface area contributed by atoms with Crippen LogP contribution in [0.4, 0.5) is 0 Å². The van der Waals surface area contributed by atoms with Gasteiger partial charge in [0.25, 0.3) is 0 Å². The Labute approximate surface area is 398 Å². The lowest BCUT2D eigenvalue weighted by Crippen LogP contribution is -2.53. The molecule has 6 heteroatoms. The third kappa shape index (κ3) is 45.7. The number of hydrogen-bond acceptors (Lipinski definition) is 5. The highest BCUT2D eigenvalue weighted by Gasteiger charge is 2.28. The molecule has 1 amide bonds. The molecule has 0 bridgehead atoms. The van der Waals surface area contributed by atoms with Crippen molar-refractivity contribution in [2.75, 3.05) is 6.61 Å². The number of amides is 1. The minimum Gasteiger partial charge on any atom is -0.394 e. The molecule has 0 aromatic rings. The zero-order valence-corrected chi connectivity index (χ0v) is 42.8. The van der Waals surface area contributed by atoms with Crippen molar-refractivity contribution in [3.8, 4) is 0 Å². The molecule has 0 saturated heterocycles. The van der Waals surface area contributed by atoms with Crippen LogP contribution in [0.15, 0.2) is 36.5 Å². The van der Waals surface area contributed by atoms with Gasteiger partial charge >= 0.3 is 0 Å². The molecule has 0 aliphatic carbocycles. The highest BCUT2D eigenvalue weighted by atomic mass is 16.3. The van der Waals surface area contributed by atoms with Gasteiger partial charge in [0.2, 0.25) is 5.91 Å². The van der Waals surface area contributed by atoms with Crippen LogP contribution in [0.2, 0.25) is 0 Å². The van der Waals surface area contributed by atoms with E-state index >= 15 is 0 Å². The average molecular weight is 903 g/mol. The number of aliphatic hydroxyl groups excluding tert-OH is 4. The summed E-state index contributed by atoms with van der Waals surface area (Å²) in [7, 11) is 0. The van der Waals surface area contributed by atoms with Gasteiger partial charge < -0.3 is 25.7 Å². The Morgan fingerprint density at radius 2 is 0.656 bits per heavy atom. The van der Waals surface area contributed by atoms with E-state index in [0.717, 1.165) is 51.4 Å². The summed E-state index contributed by atoms with van der Waals surface area (Å²) in [5.41, 5.74) is 0. The van der Waals surface area contributed by atoms with Gasteiger partial charge in [-0.3, -0.25) is 4.79 Å². The van der Waals surface area contributed by atoms with Gasteiger partial charge in [-0.15, -0.1) is 0 Å². The first-order valence-corrected chi connectivity index (χ1v) is 28.4. The second kappa shape index (κ2) is 52.5. The van der Waals surface area contributed by atoms with Crippen molar-refractivity contribution in [3.63, 3.8) is 0 Å². The number of rotatable bonds is 52. The molecule has 0 aromatic heterocycles. The third-order valence-corrected chi connectivity index (χ3v) is 13.3. The molecule has 0 spiro atoms. The zero-order chi connectivity index (χ0) is 46.7. The van der Waals surface area contributed by atoms with Crippen molar-refractivity contribution in [3.05, 3.63) is 36.5 Å². The van der Waals surface area contributed by atoms with Crippen LogP contribution in [0.1, 0.15) is 296 Å². The van der Waals surface area contributed by atoms with Crippen LogP contribution in [0.25, 0.3) is 0 Å². The number of carbonyl (C=O) groups excluding carboxylic acids is 1. The first kappa shape index (κ1) is 62.5. The number of aliphatic hydroxyl groups is 4. The molecule has 0 rings (SSSR count). The van der Waals surface area contributed by atoms with E-state index in [-0.39, 0.29) is 0 Å². The summed E-state index contributed by atoms with van der Waals surface area (Å²) >= 11 is 0. The number of nitrogens with one attached hydrogen (secondary N) is 1. The molecule has 0 fully saturated rings. The number of unbranched alkanes of at least 4 members (excludes halogenated alkanes) is 37. The smallest absolute Gasteiger partial charge is 0.249 e. The van der Waals surface area contributed by atoms with Crippen LogP contribution in [0.3, 0.4) is 0 Å². The van der Waals surface area contributed by atoms with E-state index in [4.69, 9.17) is 0 Å². The molecule has 6 nitrogen and oxygen atoms in total. The maximum Gasteiger partial charge on any atom is 0.249 e. The van der Waals surface area contributed by atoms with Crippen molar-refractivity contribution in [1.29, 1.82) is 0 Å². The molecule has 0 aliphatic heterocycles. The molecule has 0 heterocycles. The lowest BCUT2D eigenvalue weighted by Gasteiger charge is -2.27. The van der Waals surface area contributed by atoms with Gasteiger partial charge in [-0.2, -0.15) is 0 Å². The summed E-state index contributed by atoms with van der Waals surface area (Å²) in [5, 5.41) is 43.9. The summed E-state index contributed by atoms with van der Waals surface area (Å²) < 4.78 is 0. The number of allylic oxidation sites excluding steroid dienone is 6. The van der Waals surface area contributed by atoms with E-state index in [0.29, 0.717) is 19.3 Å². The fourth-order valence-electron chi connectivity index (χ4n) is 8.85. The minimum atomic E-state index is -1.29. The Morgan fingerprint density at radius 3 is 0.984 bits per heavy atom. The topological polar surface area (TPSA) is 110 Å². The van der Waals surface area contributed by atoms with Crippen LogP contribution in [0, 0.1) is 0 Å². The molecule has 64 heavy (non-hydrogen) atoms. The molecule has 0 aromatic carbocycles. The molecule has 5 N–H and O–H groups in total. The Hall–Kier alpha value is -1.47. The molecule has 4 atom stereocenters. The fraction of sp³-hybridized carbons (Fsp3) is 0.879. The maximum absolute atomic E-state index is 12.6. The van der Waals surface area contributed by atoms with E-state index in [2.05, 4.69) is 55.6 Å². The van der Waals surface area contributed by atoms with Crippen LogP contribution in [0.5, 0.6) is 0 Å². The van der Waals surface area contributed by atoms with Gasteiger partial charge in [0.05, 0.1) is 18.8 Å². The highest BCUT2D eigenvalue weighted by molar-refractivity contribution is 5.80.